The fourth-order valence-electron chi connectivity index (χ4n) is 1.84. The van der Waals surface area contributed by atoms with Crippen LogP contribution in [0.4, 0.5) is 4.79 Å². The summed E-state index contributed by atoms with van der Waals surface area (Å²) in [7, 11) is 1.58. The van der Waals surface area contributed by atoms with Crippen LogP contribution in [0.2, 0.25) is 5.02 Å². The van der Waals surface area contributed by atoms with Gasteiger partial charge in [-0.3, -0.25) is 0 Å². The minimum absolute atomic E-state index is 0.312. The Hall–Kier alpha value is -1.26. The molecule has 0 aliphatic rings. The molecule has 1 aromatic rings. The lowest BCUT2D eigenvalue weighted by Crippen LogP contribution is -2.48. The third-order valence-corrected chi connectivity index (χ3v) is 2.91. The van der Waals surface area contributed by atoms with Crippen molar-refractivity contribution in [3.63, 3.8) is 0 Å². The molecule has 0 heterocycles. The predicted octanol–water partition coefficient (Wildman–Crippen LogP) is 3.73. The first-order valence-corrected chi connectivity index (χ1v) is 6.80. The lowest BCUT2D eigenvalue weighted by atomic mass is 9.93. The highest BCUT2D eigenvalue weighted by Gasteiger charge is 2.31. The van der Waals surface area contributed by atoms with Gasteiger partial charge in [-0.1, -0.05) is 23.7 Å². The topological polar surface area (TPSA) is 47.6 Å². The SMILES string of the molecule is COCC(C)(NC(=O)OC(C)(C)C)c1cccc(Cl)c1. The number of rotatable bonds is 4. The van der Waals surface area contributed by atoms with Gasteiger partial charge in [0.1, 0.15) is 5.60 Å². The van der Waals surface area contributed by atoms with Crippen molar-refractivity contribution in [2.75, 3.05) is 13.7 Å². The molecule has 20 heavy (non-hydrogen) atoms. The van der Waals surface area contributed by atoms with Crippen molar-refractivity contribution in [1.82, 2.24) is 5.32 Å². The Kier molecular flexibility index (Phi) is 5.42. The van der Waals surface area contributed by atoms with E-state index in [1.54, 1.807) is 19.2 Å². The lowest BCUT2D eigenvalue weighted by Gasteiger charge is -2.32. The molecule has 0 spiro atoms. The number of carbonyl (C=O) groups excluding carboxylic acids is 1. The monoisotopic (exact) mass is 299 g/mol. The van der Waals surface area contributed by atoms with Crippen molar-refractivity contribution in [1.29, 1.82) is 0 Å². The van der Waals surface area contributed by atoms with Crippen LogP contribution < -0.4 is 5.32 Å². The van der Waals surface area contributed by atoms with Gasteiger partial charge in [-0.2, -0.15) is 0 Å². The number of ether oxygens (including phenoxy) is 2. The molecule has 0 radical (unpaired) electrons. The Morgan fingerprint density at radius 3 is 2.45 bits per heavy atom. The van der Waals surface area contributed by atoms with Crippen LogP contribution in [0.25, 0.3) is 0 Å². The van der Waals surface area contributed by atoms with Gasteiger partial charge in [0.2, 0.25) is 0 Å². The van der Waals surface area contributed by atoms with Gasteiger partial charge in [0.25, 0.3) is 0 Å². The number of hydrogen-bond acceptors (Lipinski definition) is 3. The molecule has 4 nitrogen and oxygen atoms in total. The van der Waals surface area contributed by atoms with Crippen molar-refractivity contribution >= 4 is 17.7 Å². The van der Waals surface area contributed by atoms with E-state index in [2.05, 4.69) is 5.32 Å². The van der Waals surface area contributed by atoms with Crippen molar-refractivity contribution in [2.24, 2.45) is 0 Å². The first-order valence-electron chi connectivity index (χ1n) is 6.42. The van der Waals surface area contributed by atoms with Crippen LogP contribution in [0.3, 0.4) is 0 Å². The maximum atomic E-state index is 12.0. The van der Waals surface area contributed by atoms with Crippen LogP contribution >= 0.6 is 11.6 Å². The third-order valence-electron chi connectivity index (χ3n) is 2.67. The molecule has 1 amide bonds. The smallest absolute Gasteiger partial charge is 0.408 e. The van der Waals surface area contributed by atoms with E-state index in [1.807, 2.05) is 39.8 Å². The Bertz CT molecular complexity index is 470. The molecular formula is C15H22ClNO3. The van der Waals surface area contributed by atoms with Crippen LogP contribution in [0, 0.1) is 0 Å². The predicted molar refractivity (Wildman–Crippen MR) is 80.0 cm³/mol. The van der Waals surface area contributed by atoms with Gasteiger partial charge in [0, 0.05) is 12.1 Å². The van der Waals surface area contributed by atoms with Crippen LogP contribution in [0.5, 0.6) is 0 Å². The average molecular weight is 300 g/mol. The molecule has 0 saturated carbocycles. The second kappa shape index (κ2) is 6.46. The Balaban J connectivity index is 2.95. The minimum atomic E-state index is -0.706. The summed E-state index contributed by atoms with van der Waals surface area (Å²) in [5.74, 6) is 0. The van der Waals surface area contributed by atoms with Gasteiger partial charge >= 0.3 is 6.09 Å². The van der Waals surface area contributed by atoms with Gasteiger partial charge in [-0.25, -0.2) is 4.79 Å². The van der Waals surface area contributed by atoms with E-state index < -0.39 is 17.2 Å². The van der Waals surface area contributed by atoms with E-state index in [9.17, 15) is 4.79 Å². The molecule has 5 heteroatoms. The standard InChI is InChI=1S/C15H22ClNO3/c1-14(2,3)20-13(18)17-15(4,10-19-5)11-7-6-8-12(16)9-11/h6-9H,10H2,1-5H3,(H,17,18). The highest BCUT2D eigenvalue weighted by molar-refractivity contribution is 6.30. The summed E-state index contributed by atoms with van der Waals surface area (Å²) in [5, 5.41) is 3.46. The first kappa shape index (κ1) is 16.8. The molecule has 1 N–H and O–H groups in total. The second-order valence-corrected chi connectivity index (χ2v) is 6.34. The number of benzene rings is 1. The summed E-state index contributed by atoms with van der Waals surface area (Å²) in [6.07, 6.45) is -0.489. The molecule has 0 aromatic heterocycles. The van der Waals surface area contributed by atoms with E-state index in [4.69, 9.17) is 21.1 Å². The van der Waals surface area contributed by atoms with Crippen molar-refractivity contribution in [2.45, 2.75) is 38.8 Å². The van der Waals surface area contributed by atoms with Crippen molar-refractivity contribution < 1.29 is 14.3 Å². The number of hydrogen-bond donors (Lipinski definition) is 1. The zero-order chi connectivity index (χ0) is 15.4. The van der Waals surface area contributed by atoms with Crippen LogP contribution in [0.15, 0.2) is 24.3 Å². The van der Waals surface area contributed by atoms with E-state index in [0.717, 1.165) is 5.56 Å². The lowest BCUT2D eigenvalue weighted by molar-refractivity contribution is 0.0376. The fourth-order valence-corrected chi connectivity index (χ4v) is 2.03. The van der Waals surface area contributed by atoms with Crippen LogP contribution in [-0.2, 0) is 15.0 Å². The van der Waals surface area contributed by atoms with Crippen LogP contribution in [0.1, 0.15) is 33.3 Å². The number of halogens is 1. The van der Waals surface area contributed by atoms with Gasteiger partial charge in [-0.15, -0.1) is 0 Å². The zero-order valence-electron chi connectivity index (χ0n) is 12.6. The maximum Gasteiger partial charge on any atom is 0.408 e. The molecule has 1 rings (SSSR count). The second-order valence-electron chi connectivity index (χ2n) is 5.90. The Morgan fingerprint density at radius 2 is 1.95 bits per heavy atom. The molecule has 112 valence electrons. The van der Waals surface area contributed by atoms with Crippen molar-refractivity contribution in [3.05, 3.63) is 34.9 Å². The Labute approximate surface area is 125 Å². The number of methoxy groups -OCH3 is 1. The molecule has 1 atom stereocenters. The van der Waals surface area contributed by atoms with Gasteiger partial charge < -0.3 is 14.8 Å². The normalized spacial score (nSPS) is 14.5. The molecule has 0 aliphatic heterocycles. The summed E-state index contributed by atoms with van der Waals surface area (Å²) < 4.78 is 10.5. The van der Waals surface area contributed by atoms with E-state index in [1.165, 1.54) is 0 Å². The molecule has 0 bridgehead atoms. The summed E-state index contributed by atoms with van der Waals surface area (Å²) in [4.78, 5) is 12.0. The van der Waals surface area contributed by atoms with E-state index >= 15 is 0 Å². The first-order chi connectivity index (χ1) is 9.16. The molecule has 0 aliphatic carbocycles. The van der Waals surface area contributed by atoms with Gasteiger partial charge in [-0.05, 0) is 45.4 Å². The third kappa shape index (κ3) is 5.02. The quantitative estimate of drug-likeness (QED) is 0.921. The zero-order valence-corrected chi connectivity index (χ0v) is 13.4. The van der Waals surface area contributed by atoms with Gasteiger partial charge in [0.05, 0.1) is 12.1 Å². The highest BCUT2D eigenvalue weighted by Crippen LogP contribution is 2.24. The Morgan fingerprint density at radius 1 is 1.30 bits per heavy atom. The highest BCUT2D eigenvalue weighted by atomic mass is 35.5. The largest absolute Gasteiger partial charge is 0.444 e. The summed E-state index contributed by atoms with van der Waals surface area (Å²) >= 11 is 6.01. The molecule has 1 unspecified atom stereocenters. The summed E-state index contributed by atoms with van der Waals surface area (Å²) in [5.41, 5.74) is -0.397. The van der Waals surface area contributed by atoms with E-state index in [-0.39, 0.29) is 0 Å². The summed E-state index contributed by atoms with van der Waals surface area (Å²) in [6, 6.07) is 7.31. The number of amides is 1. The van der Waals surface area contributed by atoms with E-state index in [0.29, 0.717) is 11.6 Å². The number of alkyl carbamates (subject to hydrolysis) is 1. The minimum Gasteiger partial charge on any atom is -0.444 e. The van der Waals surface area contributed by atoms with Crippen LogP contribution in [-0.4, -0.2) is 25.4 Å². The molecule has 0 fully saturated rings. The average Bonchev–Trinajstić information content (AvgIpc) is 2.26. The fraction of sp³-hybridized carbons (Fsp3) is 0.533. The summed E-state index contributed by atoms with van der Waals surface area (Å²) in [6.45, 7) is 7.64. The number of carbonyl (C=O) groups is 1. The molecule has 1 aromatic carbocycles. The van der Waals surface area contributed by atoms with Gasteiger partial charge in [0.15, 0.2) is 0 Å². The maximum absolute atomic E-state index is 12.0. The van der Waals surface area contributed by atoms with Crippen molar-refractivity contribution in [3.8, 4) is 0 Å². The molecule has 0 saturated heterocycles. The molecular weight excluding hydrogens is 278 g/mol. The number of nitrogens with one attached hydrogen (secondary N) is 1.